The van der Waals surface area contributed by atoms with Crippen LogP contribution in [-0.2, 0) is 6.54 Å². The van der Waals surface area contributed by atoms with Crippen molar-refractivity contribution in [3.8, 4) is 5.75 Å². The van der Waals surface area contributed by atoms with Crippen molar-refractivity contribution in [2.24, 2.45) is 5.92 Å². The SMILES string of the molecule is CCOc1cccc2c1nc(N)n2CC1CCCN(C)C1. The molecule has 1 aromatic heterocycles. The number of benzene rings is 1. The minimum absolute atomic E-state index is 0.588. The van der Waals surface area contributed by atoms with Crippen molar-refractivity contribution in [1.29, 1.82) is 0 Å². The van der Waals surface area contributed by atoms with Crippen LogP contribution in [0.3, 0.4) is 0 Å². The maximum atomic E-state index is 6.15. The van der Waals surface area contributed by atoms with Crippen LogP contribution in [0.25, 0.3) is 11.0 Å². The van der Waals surface area contributed by atoms with E-state index in [1.807, 2.05) is 19.1 Å². The molecule has 114 valence electrons. The van der Waals surface area contributed by atoms with Gasteiger partial charge in [0.1, 0.15) is 11.3 Å². The Bertz CT molecular complexity index is 622. The highest BCUT2D eigenvalue weighted by Crippen LogP contribution is 2.29. The zero-order chi connectivity index (χ0) is 14.8. The van der Waals surface area contributed by atoms with Crippen LogP contribution in [0.5, 0.6) is 5.75 Å². The summed E-state index contributed by atoms with van der Waals surface area (Å²) in [4.78, 5) is 6.92. The second-order valence-electron chi connectivity index (χ2n) is 5.91. The van der Waals surface area contributed by atoms with E-state index in [-0.39, 0.29) is 0 Å². The Morgan fingerprint density at radius 3 is 3.05 bits per heavy atom. The van der Waals surface area contributed by atoms with E-state index in [1.165, 1.54) is 19.4 Å². The zero-order valence-electron chi connectivity index (χ0n) is 12.9. The molecule has 1 aliphatic rings. The molecule has 1 aromatic carbocycles. The maximum absolute atomic E-state index is 6.15. The Morgan fingerprint density at radius 1 is 1.43 bits per heavy atom. The number of nitrogens with two attached hydrogens (primary N) is 1. The van der Waals surface area contributed by atoms with Gasteiger partial charge in [0.2, 0.25) is 5.95 Å². The van der Waals surface area contributed by atoms with E-state index in [0.29, 0.717) is 18.5 Å². The molecule has 3 rings (SSSR count). The first kappa shape index (κ1) is 14.2. The standard InChI is InChI=1S/C16H24N4O/c1-3-21-14-8-4-7-13-15(14)18-16(17)20(13)11-12-6-5-9-19(2)10-12/h4,7-8,12H,3,5-6,9-11H2,1-2H3,(H2,17,18). The smallest absolute Gasteiger partial charge is 0.201 e. The predicted octanol–water partition coefficient (Wildman–Crippen LogP) is 2.36. The summed E-state index contributed by atoms with van der Waals surface area (Å²) in [6.45, 7) is 5.88. The number of anilines is 1. The van der Waals surface area contributed by atoms with Crippen LogP contribution in [-0.4, -0.2) is 41.2 Å². The molecule has 1 aliphatic heterocycles. The van der Waals surface area contributed by atoms with Crippen LogP contribution in [0.15, 0.2) is 18.2 Å². The van der Waals surface area contributed by atoms with Gasteiger partial charge in [-0.05, 0) is 51.4 Å². The van der Waals surface area contributed by atoms with Gasteiger partial charge in [0, 0.05) is 13.1 Å². The van der Waals surface area contributed by atoms with E-state index in [4.69, 9.17) is 10.5 Å². The van der Waals surface area contributed by atoms with E-state index < -0.39 is 0 Å². The van der Waals surface area contributed by atoms with Gasteiger partial charge in [0.15, 0.2) is 0 Å². The van der Waals surface area contributed by atoms with Crippen LogP contribution in [0.1, 0.15) is 19.8 Å². The minimum Gasteiger partial charge on any atom is -0.492 e. The number of imidazole rings is 1. The maximum Gasteiger partial charge on any atom is 0.201 e. The summed E-state index contributed by atoms with van der Waals surface area (Å²) in [6, 6.07) is 6.04. The molecule has 0 aliphatic carbocycles. The third kappa shape index (κ3) is 2.83. The van der Waals surface area contributed by atoms with Gasteiger partial charge >= 0.3 is 0 Å². The molecule has 5 nitrogen and oxygen atoms in total. The van der Waals surface area contributed by atoms with Gasteiger partial charge in [-0.15, -0.1) is 0 Å². The van der Waals surface area contributed by atoms with Crippen molar-refractivity contribution in [2.45, 2.75) is 26.3 Å². The molecule has 1 unspecified atom stereocenters. The fraction of sp³-hybridized carbons (Fsp3) is 0.562. The van der Waals surface area contributed by atoms with Gasteiger partial charge in [0.05, 0.1) is 12.1 Å². The summed E-state index contributed by atoms with van der Waals surface area (Å²) in [7, 11) is 2.19. The van der Waals surface area contributed by atoms with Gasteiger partial charge in [0.25, 0.3) is 0 Å². The molecule has 1 atom stereocenters. The molecule has 2 heterocycles. The molecular weight excluding hydrogens is 264 g/mol. The van der Waals surface area contributed by atoms with Crippen molar-refractivity contribution in [2.75, 3.05) is 32.5 Å². The summed E-state index contributed by atoms with van der Waals surface area (Å²) < 4.78 is 7.80. The molecule has 0 bridgehead atoms. The Labute approximate surface area is 125 Å². The number of hydrogen-bond donors (Lipinski definition) is 1. The first-order chi connectivity index (χ1) is 10.2. The number of piperidine rings is 1. The molecule has 0 amide bonds. The normalized spacial score (nSPS) is 20.0. The van der Waals surface area contributed by atoms with E-state index in [1.54, 1.807) is 0 Å². The van der Waals surface area contributed by atoms with E-state index in [0.717, 1.165) is 29.9 Å². The molecule has 2 aromatic rings. The first-order valence-corrected chi connectivity index (χ1v) is 7.75. The topological polar surface area (TPSA) is 56.3 Å². The molecule has 5 heteroatoms. The molecule has 0 radical (unpaired) electrons. The van der Waals surface area contributed by atoms with Crippen molar-refractivity contribution in [1.82, 2.24) is 14.5 Å². The lowest BCUT2D eigenvalue weighted by atomic mass is 9.98. The highest BCUT2D eigenvalue weighted by molar-refractivity contribution is 5.84. The summed E-state index contributed by atoms with van der Waals surface area (Å²) in [5.74, 6) is 2.05. The van der Waals surface area contributed by atoms with Gasteiger partial charge in [-0.1, -0.05) is 6.07 Å². The lowest BCUT2D eigenvalue weighted by molar-refractivity contribution is 0.196. The molecule has 0 spiro atoms. The number of rotatable bonds is 4. The predicted molar refractivity (Wildman–Crippen MR) is 85.5 cm³/mol. The van der Waals surface area contributed by atoms with Crippen LogP contribution in [0.2, 0.25) is 0 Å². The van der Waals surface area contributed by atoms with E-state index >= 15 is 0 Å². The van der Waals surface area contributed by atoms with E-state index in [2.05, 4.69) is 27.6 Å². The number of aromatic nitrogens is 2. The average molecular weight is 288 g/mol. The van der Waals surface area contributed by atoms with Crippen LogP contribution in [0.4, 0.5) is 5.95 Å². The second kappa shape index (κ2) is 5.93. The minimum atomic E-state index is 0.588. The summed E-state index contributed by atoms with van der Waals surface area (Å²) in [5.41, 5.74) is 8.10. The Hall–Kier alpha value is -1.75. The highest BCUT2D eigenvalue weighted by Gasteiger charge is 2.20. The summed E-state index contributed by atoms with van der Waals surface area (Å²) >= 11 is 0. The molecule has 1 saturated heterocycles. The van der Waals surface area contributed by atoms with Crippen molar-refractivity contribution in [3.05, 3.63) is 18.2 Å². The number of nitrogen functional groups attached to an aromatic ring is 1. The quantitative estimate of drug-likeness (QED) is 0.938. The second-order valence-corrected chi connectivity index (χ2v) is 5.91. The largest absolute Gasteiger partial charge is 0.492 e. The molecule has 0 saturated carbocycles. The van der Waals surface area contributed by atoms with Gasteiger partial charge in [-0.2, -0.15) is 0 Å². The van der Waals surface area contributed by atoms with E-state index in [9.17, 15) is 0 Å². The third-order valence-corrected chi connectivity index (χ3v) is 4.23. The Balaban J connectivity index is 1.91. The summed E-state index contributed by atoms with van der Waals surface area (Å²) in [5, 5.41) is 0. The first-order valence-electron chi connectivity index (χ1n) is 7.75. The zero-order valence-corrected chi connectivity index (χ0v) is 12.9. The molecule has 1 fully saturated rings. The number of para-hydroxylation sites is 1. The number of hydrogen-bond acceptors (Lipinski definition) is 4. The number of ether oxygens (including phenoxy) is 1. The average Bonchev–Trinajstić information content (AvgIpc) is 2.77. The van der Waals surface area contributed by atoms with Crippen molar-refractivity contribution >= 4 is 17.0 Å². The van der Waals surface area contributed by atoms with Crippen LogP contribution < -0.4 is 10.5 Å². The molecule has 21 heavy (non-hydrogen) atoms. The van der Waals surface area contributed by atoms with Crippen molar-refractivity contribution < 1.29 is 4.74 Å². The van der Waals surface area contributed by atoms with Crippen LogP contribution >= 0.6 is 0 Å². The van der Waals surface area contributed by atoms with Crippen molar-refractivity contribution in [3.63, 3.8) is 0 Å². The van der Waals surface area contributed by atoms with Gasteiger partial charge in [-0.25, -0.2) is 4.98 Å². The van der Waals surface area contributed by atoms with Gasteiger partial charge < -0.3 is 19.9 Å². The monoisotopic (exact) mass is 288 g/mol. The lowest BCUT2D eigenvalue weighted by Gasteiger charge is -2.30. The number of likely N-dealkylation sites (tertiary alicyclic amines) is 1. The Kier molecular flexibility index (Phi) is 4.01. The lowest BCUT2D eigenvalue weighted by Crippen LogP contribution is -2.34. The fourth-order valence-corrected chi connectivity index (χ4v) is 3.28. The number of fused-ring (bicyclic) bond motifs is 1. The highest BCUT2D eigenvalue weighted by atomic mass is 16.5. The summed E-state index contributed by atoms with van der Waals surface area (Å²) in [6.07, 6.45) is 2.52. The number of nitrogens with zero attached hydrogens (tertiary/aromatic N) is 3. The fourth-order valence-electron chi connectivity index (χ4n) is 3.28. The third-order valence-electron chi connectivity index (χ3n) is 4.23. The Morgan fingerprint density at radius 2 is 2.29 bits per heavy atom. The van der Waals surface area contributed by atoms with Crippen LogP contribution in [0, 0.1) is 5.92 Å². The molecular formula is C16H24N4O. The molecule has 2 N–H and O–H groups in total. The van der Waals surface area contributed by atoms with Gasteiger partial charge in [-0.3, -0.25) is 0 Å².